The van der Waals surface area contributed by atoms with Crippen molar-refractivity contribution in [2.45, 2.75) is 13.5 Å². The fourth-order valence-corrected chi connectivity index (χ4v) is 2.34. The normalized spacial score (nSPS) is 10.5. The maximum Gasteiger partial charge on any atom is 0.291 e. The van der Waals surface area contributed by atoms with Crippen molar-refractivity contribution in [2.75, 3.05) is 6.54 Å². The molecule has 3 aromatic rings. The Labute approximate surface area is 154 Å². The Morgan fingerprint density at radius 3 is 2.65 bits per heavy atom. The maximum absolute atomic E-state index is 12.2. The van der Waals surface area contributed by atoms with E-state index < -0.39 is 5.91 Å². The van der Waals surface area contributed by atoms with Crippen molar-refractivity contribution >= 4 is 23.4 Å². The number of aryl methyl sites for hydroxylation is 1. The molecule has 8 nitrogen and oxygen atoms in total. The molecule has 3 rings (SSSR count). The van der Waals surface area contributed by atoms with Gasteiger partial charge >= 0.3 is 0 Å². The molecule has 2 amide bonds. The molecule has 0 fully saturated rings. The molecule has 0 unspecified atom stereocenters. The molecule has 2 aromatic heterocycles. The van der Waals surface area contributed by atoms with Crippen LogP contribution in [-0.4, -0.2) is 33.1 Å². The number of nitrogens with zero attached hydrogens (tertiary/aromatic N) is 3. The highest BCUT2D eigenvalue weighted by Crippen LogP contribution is 2.14. The van der Waals surface area contributed by atoms with Crippen LogP contribution in [0.5, 0.6) is 0 Å². The third kappa shape index (κ3) is 4.28. The number of carbonyl (C=O) groups is 2. The number of nitrogens with one attached hydrogen (secondary N) is 2. The van der Waals surface area contributed by atoms with Gasteiger partial charge in [-0.3, -0.25) is 9.59 Å². The Hall–Kier alpha value is -3.13. The number of aromatic nitrogens is 3. The fourth-order valence-electron chi connectivity index (χ4n) is 2.21. The van der Waals surface area contributed by atoms with Crippen molar-refractivity contribution in [3.63, 3.8) is 0 Å². The van der Waals surface area contributed by atoms with Gasteiger partial charge in [-0.2, -0.15) is 0 Å². The van der Waals surface area contributed by atoms with Gasteiger partial charge in [0.05, 0.1) is 25.0 Å². The number of halogens is 1. The molecule has 0 saturated heterocycles. The lowest BCUT2D eigenvalue weighted by atomic mass is 10.3. The Kier molecular flexibility index (Phi) is 5.33. The van der Waals surface area contributed by atoms with Gasteiger partial charge in [-0.05, 0) is 43.3 Å². The first-order chi connectivity index (χ1) is 12.5. The Morgan fingerprint density at radius 2 is 1.96 bits per heavy atom. The number of furan rings is 1. The van der Waals surface area contributed by atoms with E-state index in [0.29, 0.717) is 16.6 Å². The van der Waals surface area contributed by atoms with E-state index >= 15 is 0 Å². The van der Waals surface area contributed by atoms with Gasteiger partial charge in [0, 0.05) is 5.02 Å². The molecule has 2 heterocycles. The summed E-state index contributed by atoms with van der Waals surface area (Å²) in [5, 5.41) is 9.90. The first kappa shape index (κ1) is 17.7. The molecule has 0 bridgehead atoms. The van der Waals surface area contributed by atoms with Crippen molar-refractivity contribution in [1.29, 1.82) is 0 Å². The van der Waals surface area contributed by atoms with E-state index in [1.54, 1.807) is 43.3 Å². The standard InChI is InChI=1S/C17H16ClN5O3/c1-11-21-16(22-23(11)13-6-4-12(18)5-7-13)17(25)20-10-15(24)19-9-14-3-2-8-26-14/h2-8H,9-10H2,1H3,(H,19,24)(H,20,25). The molecule has 26 heavy (non-hydrogen) atoms. The largest absolute Gasteiger partial charge is 0.467 e. The van der Waals surface area contributed by atoms with Gasteiger partial charge in [0.1, 0.15) is 11.6 Å². The number of carbonyl (C=O) groups excluding carboxylic acids is 2. The predicted molar refractivity (Wildman–Crippen MR) is 94.0 cm³/mol. The van der Waals surface area contributed by atoms with Crippen LogP contribution in [0.4, 0.5) is 0 Å². The van der Waals surface area contributed by atoms with Crippen LogP contribution >= 0.6 is 11.6 Å². The van der Waals surface area contributed by atoms with Crippen LogP contribution in [0.3, 0.4) is 0 Å². The number of hydrogen-bond acceptors (Lipinski definition) is 5. The van der Waals surface area contributed by atoms with E-state index in [4.69, 9.17) is 16.0 Å². The predicted octanol–water partition coefficient (Wildman–Crippen LogP) is 1.87. The second-order valence-electron chi connectivity index (χ2n) is 5.41. The van der Waals surface area contributed by atoms with Crippen LogP contribution in [0.25, 0.3) is 5.69 Å². The lowest BCUT2D eigenvalue weighted by molar-refractivity contribution is -0.120. The summed E-state index contributed by atoms with van der Waals surface area (Å²) in [6.45, 7) is 1.80. The third-order valence-corrected chi connectivity index (χ3v) is 3.74. The minimum Gasteiger partial charge on any atom is -0.467 e. The molecule has 1 aromatic carbocycles. The summed E-state index contributed by atoms with van der Waals surface area (Å²) in [4.78, 5) is 28.1. The Bertz CT molecular complexity index is 903. The highest BCUT2D eigenvalue weighted by Gasteiger charge is 2.16. The molecule has 0 aliphatic carbocycles. The summed E-state index contributed by atoms with van der Waals surface area (Å²) in [6, 6.07) is 10.5. The van der Waals surface area contributed by atoms with Gasteiger partial charge in [-0.15, -0.1) is 5.10 Å². The van der Waals surface area contributed by atoms with E-state index in [2.05, 4.69) is 20.7 Å². The van der Waals surface area contributed by atoms with Gasteiger partial charge in [0.15, 0.2) is 0 Å². The minimum absolute atomic E-state index is 0.0173. The zero-order valence-electron chi connectivity index (χ0n) is 13.9. The van der Waals surface area contributed by atoms with Crippen LogP contribution in [0.2, 0.25) is 5.02 Å². The molecule has 2 N–H and O–H groups in total. The molecule has 0 radical (unpaired) electrons. The molecule has 0 atom stereocenters. The number of hydrogen-bond donors (Lipinski definition) is 2. The van der Waals surface area contributed by atoms with Gasteiger partial charge in [-0.25, -0.2) is 9.67 Å². The molecule has 134 valence electrons. The van der Waals surface area contributed by atoms with E-state index in [9.17, 15) is 9.59 Å². The molecule has 0 aliphatic heterocycles. The molecule has 0 spiro atoms. The molecular formula is C17H16ClN5O3. The summed E-state index contributed by atoms with van der Waals surface area (Å²) >= 11 is 5.87. The molecule has 0 aliphatic rings. The lowest BCUT2D eigenvalue weighted by Gasteiger charge is -2.04. The average Bonchev–Trinajstić information content (AvgIpc) is 3.28. The van der Waals surface area contributed by atoms with E-state index in [1.807, 2.05) is 0 Å². The summed E-state index contributed by atoms with van der Waals surface area (Å²) < 4.78 is 6.64. The average molecular weight is 374 g/mol. The smallest absolute Gasteiger partial charge is 0.291 e. The summed E-state index contributed by atoms with van der Waals surface area (Å²) in [5.74, 6) is 0.275. The zero-order chi connectivity index (χ0) is 18.5. The van der Waals surface area contributed by atoms with Crippen LogP contribution in [-0.2, 0) is 11.3 Å². The van der Waals surface area contributed by atoms with E-state index in [-0.39, 0.29) is 24.8 Å². The topological polar surface area (TPSA) is 102 Å². The highest BCUT2D eigenvalue weighted by atomic mass is 35.5. The Morgan fingerprint density at radius 1 is 1.19 bits per heavy atom. The van der Waals surface area contributed by atoms with Crippen LogP contribution in [0.1, 0.15) is 22.2 Å². The minimum atomic E-state index is -0.533. The van der Waals surface area contributed by atoms with Crippen molar-refractivity contribution in [2.24, 2.45) is 0 Å². The Balaban J connectivity index is 1.57. The van der Waals surface area contributed by atoms with Gasteiger partial charge in [0.25, 0.3) is 5.91 Å². The molecule has 0 saturated carbocycles. The second-order valence-corrected chi connectivity index (χ2v) is 5.85. The third-order valence-electron chi connectivity index (χ3n) is 3.49. The van der Waals surface area contributed by atoms with Gasteiger partial charge < -0.3 is 15.1 Å². The first-order valence-corrected chi connectivity index (χ1v) is 8.17. The van der Waals surface area contributed by atoms with E-state index in [1.165, 1.54) is 10.9 Å². The zero-order valence-corrected chi connectivity index (χ0v) is 14.7. The SMILES string of the molecule is Cc1nc(C(=O)NCC(=O)NCc2ccco2)nn1-c1ccc(Cl)cc1. The number of rotatable bonds is 6. The summed E-state index contributed by atoms with van der Waals surface area (Å²) in [5.41, 5.74) is 0.731. The number of benzene rings is 1. The van der Waals surface area contributed by atoms with Crippen molar-refractivity contribution in [3.05, 3.63) is 65.1 Å². The van der Waals surface area contributed by atoms with Crippen molar-refractivity contribution in [1.82, 2.24) is 25.4 Å². The molecule has 9 heteroatoms. The first-order valence-electron chi connectivity index (χ1n) is 7.80. The fraction of sp³-hybridized carbons (Fsp3) is 0.176. The van der Waals surface area contributed by atoms with Crippen molar-refractivity contribution in [3.8, 4) is 5.69 Å². The molecular weight excluding hydrogens is 358 g/mol. The van der Waals surface area contributed by atoms with Crippen molar-refractivity contribution < 1.29 is 14.0 Å². The van der Waals surface area contributed by atoms with Crippen LogP contribution in [0, 0.1) is 6.92 Å². The lowest BCUT2D eigenvalue weighted by Crippen LogP contribution is -2.37. The summed E-state index contributed by atoms with van der Waals surface area (Å²) in [6.07, 6.45) is 1.52. The van der Waals surface area contributed by atoms with Crippen LogP contribution in [0.15, 0.2) is 47.1 Å². The van der Waals surface area contributed by atoms with Gasteiger partial charge in [-0.1, -0.05) is 11.6 Å². The van der Waals surface area contributed by atoms with E-state index in [0.717, 1.165) is 5.69 Å². The highest BCUT2D eigenvalue weighted by molar-refractivity contribution is 6.30. The maximum atomic E-state index is 12.2. The quantitative estimate of drug-likeness (QED) is 0.686. The number of amides is 2. The van der Waals surface area contributed by atoms with Crippen LogP contribution < -0.4 is 10.6 Å². The van der Waals surface area contributed by atoms with Gasteiger partial charge in [0.2, 0.25) is 11.7 Å². The second kappa shape index (κ2) is 7.83. The monoisotopic (exact) mass is 373 g/mol. The summed E-state index contributed by atoms with van der Waals surface area (Å²) in [7, 11) is 0.